The van der Waals surface area contributed by atoms with Crippen LogP contribution >= 0.6 is 0 Å². The Morgan fingerprint density at radius 1 is 0.429 bits per heavy atom. The Hall–Kier alpha value is -1.30. The van der Waals surface area contributed by atoms with E-state index in [1.165, 1.54) is 0 Å². The molecule has 0 unspecified atom stereocenters. The fourth-order valence-corrected chi connectivity index (χ4v) is 2.68. The van der Waals surface area contributed by atoms with Gasteiger partial charge < -0.3 is 38.2 Å². The lowest BCUT2D eigenvalue weighted by atomic mass is 10.4. The van der Waals surface area contributed by atoms with Gasteiger partial charge >= 0.3 is 0 Å². The van der Waals surface area contributed by atoms with Crippen LogP contribution in [0.3, 0.4) is 0 Å². The van der Waals surface area contributed by atoms with Crippen LogP contribution in [0.1, 0.15) is 0 Å². The van der Waals surface area contributed by atoms with Gasteiger partial charge in [-0.05, 0) is 0 Å². The zero-order valence-corrected chi connectivity index (χ0v) is 16.5. The molecule has 0 N–H and O–H groups in total. The molecular formula is C18H32N2O8. The Bertz CT molecular complexity index is 413. The van der Waals surface area contributed by atoms with Crippen molar-refractivity contribution >= 4 is 11.8 Å². The molecule has 10 heteroatoms. The number of nitrogens with zero attached hydrogens (tertiary/aromatic N) is 2. The second-order valence-corrected chi connectivity index (χ2v) is 6.32. The molecule has 162 valence electrons. The smallest absolute Gasteiger partial charge is 0.248 e. The molecule has 28 heavy (non-hydrogen) atoms. The minimum Gasteiger partial charge on any atom is -0.378 e. The van der Waals surface area contributed by atoms with Gasteiger partial charge in [0.05, 0.1) is 66.1 Å². The van der Waals surface area contributed by atoms with Crippen molar-refractivity contribution < 1.29 is 38.0 Å². The van der Waals surface area contributed by atoms with E-state index in [1.54, 1.807) is 9.80 Å². The topological polar surface area (TPSA) is 96.0 Å². The SMILES string of the molecule is O=C1COCCOCCOCC(=O)N2CCOCCOCCN1CCOCC2. The third kappa shape index (κ3) is 9.76. The minimum atomic E-state index is -0.117. The third-order valence-electron chi connectivity index (χ3n) is 4.29. The summed E-state index contributed by atoms with van der Waals surface area (Å²) in [5.74, 6) is -0.233. The molecule has 2 fully saturated rings. The number of hydrogen-bond donors (Lipinski definition) is 0. The van der Waals surface area contributed by atoms with Gasteiger partial charge in [-0.3, -0.25) is 9.59 Å². The van der Waals surface area contributed by atoms with E-state index < -0.39 is 0 Å². The molecule has 0 aromatic carbocycles. The molecule has 2 bridgehead atoms. The molecule has 0 aliphatic carbocycles. The van der Waals surface area contributed by atoms with Crippen molar-refractivity contribution in [1.82, 2.24) is 9.80 Å². The van der Waals surface area contributed by atoms with Crippen LogP contribution in [0.25, 0.3) is 0 Å². The number of fused-ring (bicyclic) bond motifs is 6. The monoisotopic (exact) mass is 404 g/mol. The Balaban J connectivity index is 1.98. The summed E-state index contributed by atoms with van der Waals surface area (Å²) in [6, 6.07) is 0. The number of hydrogen-bond acceptors (Lipinski definition) is 8. The van der Waals surface area contributed by atoms with E-state index >= 15 is 0 Å². The lowest BCUT2D eigenvalue weighted by molar-refractivity contribution is -0.139. The van der Waals surface area contributed by atoms with E-state index in [-0.39, 0.29) is 25.0 Å². The average molecular weight is 404 g/mol. The first-order valence-corrected chi connectivity index (χ1v) is 9.79. The van der Waals surface area contributed by atoms with Crippen LogP contribution in [0.5, 0.6) is 0 Å². The second kappa shape index (κ2) is 14.7. The van der Waals surface area contributed by atoms with Crippen LogP contribution in [0.2, 0.25) is 0 Å². The van der Waals surface area contributed by atoms with Gasteiger partial charge in [-0.1, -0.05) is 0 Å². The molecule has 2 heterocycles. The van der Waals surface area contributed by atoms with Crippen molar-refractivity contribution in [2.45, 2.75) is 0 Å². The van der Waals surface area contributed by atoms with Crippen molar-refractivity contribution in [1.29, 1.82) is 0 Å². The van der Waals surface area contributed by atoms with Gasteiger partial charge in [-0.15, -0.1) is 0 Å². The predicted molar refractivity (Wildman–Crippen MR) is 98.1 cm³/mol. The largest absolute Gasteiger partial charge is 0.378 e. The molecule has 10 nitrogen and oxygen atoms in total. The van der Waals surface area contributed by atoms with Crippen molar-refractivity contribution in [3.05, 3.63) is 0 Å². The molecule has 0 saturated carbocycles. The number of ether oxygens (including phenoxy) is 6. The van der Waals surface area contributed by atoms with Gasteiger partial charge in [-0.2, -0.15) is 0 Å². The summed E-state index contributed by atoms with van der Waals surface area (Å²) in [5, 5.41) is 0. The average Bonchev–Trinajstić information content (AvgIpc) is 2.70. The van der Waals surface area contributed by atoms with Crippen molar-refractivity contribution in [3.8, 4) is 0 Å². The number of amides is 2. The van der Waals surface area contributed by atoms with Gasteiger partial charge in [0.1, 0.15) is 13.2 Å². The molecule has 2 aliphatic rings. The molecular weight excluding hydrogens is 372 g/mol. The molecule has 0 radical (unpaired) electrons. The van der Waals surface area contributed by atoms with Gasteiger partial charge in [0, 0.05) is 26.2 Å². The van der Waals surface area contributed by atoms with E-state index in [4.69, 9.17) is 28.4 Å². The summed E-state index contributed by atoms with van der Waals surface area (Å²) in [4.78, 5) is 28.1. The van der Waals surface area contributed by atoms with E-state index in [9.17, 15) is 9.59 Å². The number of rotatable bonds is 0. The molecule has 0 aromatic heterocycles. The summed E-state index contributed by atoms with van der Waals surface area (Å²) in [5.41, 5.74) is 0. The maximum Gasteiger partial charge on any atom is 0.248 e. The highest BCUT2D eigenvalue weighted by Crippen LogP contribution is 1.98. The molecule has 2 amide bonds. The standard InChI is InChI=1S/C18H32N2O8/c21-17-15-27-13-11-26-12-14-28-16-18(22)20-2-6-23-5-1-19(17)3-7-24-9-10-25-8-4-20/h1-16H2. The van der Waals surface area contributed by atoms with Crippen LogP contribution in [0.4, 0.5) is 0 Å². The molecule has 2 rings (SSSR count). The maximum absolute atomic E-state index is 12.4. The first-order chi connectivity index (χ1) is 13.8. The van der Waals surface area contributed by atoms with E-state index in [0.717, 1.165) is 0 Å². The Labute approximate surface area is 165 Å². The zero-order chi connectivity index (χ0) is 19.9. The number of carbonyl (C=O) groups is 2. The van der Waals surface area contributed by atoms with Crippen LogP contribution in [-0.4, -0.2) is 127 Å². The fourth-order valence-electron chi connectivity index (χ4n) is 2.68. The molecule has 0 spiro atoms. The molecule has 2 aliphatic heterocycles. The summed E-state index contributed by atoms with van der Waals surface area (Å²) < 4.78 is 32.9. The molecule has 2 saturated heterocycles. The summed E-state index contributed by atoms with van der Waals surface area (Å²) in [6.07, 6.45) is 0. The summed E-state index contributed by atoms with van der Waals surface area (Å²) >= 11 is 0. The summed E-state index contributed by atoms with van der Waals surface area (Å²) in [6.45, 7) is 5.60. The van der Waals surface area contributed by atoms with Crippen molar-refractivity contribution in [2.75, 3.05) is 105 Å². The van der Waals surface area contributed by atoms with Crippen LogP contribution in [-0.2, 0) is 38.0 Å². The second-order valence-electron chi connectivity index (χ2n) is 6.32. The van der Waals surface area contributed by atoms with E-state index in [0.29, 0.717) is 92.2 Å². The first kappa shape index (κ1) is 23.0. The molecule has 0 atom stereocenters. The normalized spacial score (nSPS) is 24.1. The quantitative estimate of drug-likeness (QED) is 0.463. The highest BCUT2D eigenvalue weighted by molar-refractivity contribution is 5.77. The molecule has 0 aromatic rings. The van der Waals surface area contributed by atoms with Gasteiger partial charge in [0.15, 0.2) is 0 Å². The van der Waals surface area contributed by atoms with Crippen LogP contribution in [0.15, 0.2) is 0 Å². The lowest BCUT2D eigenvalue weighted by Crippen LogP contribution is -2.40. The van der Waals surface area contributed by atoms with Gasteiger partial charge in [-0.25, -0.2) is 0 Å². The van der Waals surface area contributed by atoms with E-state index in [1.807, 2.05) is 0 Å². The van der Waals surface area contributed by atoms with E-state index in [2.05, 4.69) is 0 Å². The first-order valence-electron chi connectivity index (χ1n) is 9.79. The predicted octanol–water partition coefficient (Wildman–Crippen LogP) is -1.23. The Morgan fingerprint density at radius 3 is 1.11 bits per heavy atom. The zero-order valence-electron chi connectivity index (χ0n) is 16.5. The third-order valence-corrected chi connectivity index (χ3v) is 4.29. The fraction of sp³-hybridized carbons (Fsp3) is 0.889. The highest BCUT2D eigenvalue weighted by Gasteiger charge is 2.16. The number of carbonyl (C=O) groups excluding carboxylic acids is 2. The Kier molecular flexibility index (Phi) is 12.0. The summed E-state index contributed by atoms with van der Waals surface area (Å²) in [7, 11) is 0. The Morgan fingerprint density at radius 2 is 0.714 bits per heavy atom. The lowest BCUT2D eigenvalue weighted by Gasteiger charge is -2.24. The minimum absolute atomic E-state index is 0.00868. The van der Waals surface area contributed by atoms with Gasteiger partial charge in [0.25, 0.3) is 0 Å². The van der Waals surface area contributed by atoms with Crippen molar-refractivity contribution in [3.63, 3.8) is 0 Å². The van der Waals surface area contributed by atoms with Crippen LogP contribution < -0.4 is 0 Å². The van der Waals surface area contributed by atoms with Crippen LogP contribution in [0, 0.1) is 0 Å². The maximum atomic E-state index is 12.4. The highest BCUT2D eigenvalue weighted by atomic mass is 16.5. The van der Waals surface area contributed by atoms with Gasteiger partial charge in [0.2, 0.25) is 11.8 Å². The van der Waals surface area contributed by atoms with Crippen molar-refractivity contribution in [2.24, 2.45) is 0 Å².